The molecule has 0 radical (unpaired) electrons. The first kappa shape index (κ1) is 19.9. The Morgan fingerprint density at radius 1 is 1.32 bits per heavy atom. The van der Waals surface area contributed by atoms with E-state index >= 15 is 0 Å². The topological polar surface area (TPSA) is 101 Å². The molecule has 0 aromatic heterocycles. The highest BCUT2D eigenvalue weighted by Crippen LogP contribution is 2.21. The Bertz CT molecular complexity index is 863. The maximum Gasteiger partial charge on any atom is 0.243 e. The van der Waals surface area contributed by atoms with E-state index in [2.05, 4.69) is 5.32 Å². The van der Waals surface area contributed by atoms with Crippen LogP contribution in [0, 0.1) is 13.8 Å². The third kappa shape index (κ3) is 4.80. The van der Waals surface area contributed by atoms with Crippen LogP contribution in [0.2, 0.25) is 0 Å². The Morgan fingerprint density at radius 3 is 2.52 bits per heavy atom. The van der Waals surface area contributed by atoms with E-state index in [-0.39, 0.29) is 29.5 Å². The van der Waals surface area contributed by atoms with Crippen LogP contribution in [0.5, 0.6) is 0 Å². The van der Waals surface area contributed by atoms with Crippen molar-refractivity contribution in [1.82, 2.24) is 9.62 Å². The number of hydrogen-bond donors (Lipinski definition) is 1. The Hall–Kier alpha value is -1.45. The third-order valence-electron chi connectivity index (χ3n) is 4.22. The average Bonchev–Trinajstić information content (AvgIpc) is 2.82. The summed E-state index contributed by atoms with van der Waals surface area (Å²) in [5.74, 6) is -0.525. The molecule has 9 heteroatoms. The van der Waals surface area contributed by atoms with Gasteiger partial charge in [-0.1, -0.05) is 24.6 Å². The van der Waals surface area contributed by atoms with Gasteiger partial charge in [0.25, 0.3) is 0 Å². The number of rotatable bonds is 6. The molecule has 1 atom stereocenters. The lowest BCUT2D eigenvalue weighted by Gasteiger charge is -2.22. The van der Waals surface area contributed by atoms with E-state index in [0.717, 1.165) is 9.87 Å². The molecule has 1 N–H and O–H groups in total. The Balaban J connectivity index is 2.11. The molecule has 0 aliphatic carbocycles. The quantitative estimate of drug-likeness (QED) is 0.770. The minimum atomic E-state index is -3.80. The second-order valence-corrected chi connectivity index (χ2v) is 10.5. The van der Waals surface area contributed by atoms with Gasteiger partial charge in [0.2, 0.25) is 15.9 Å². The van der Waals surface area contributed by atoms with Crippen LogP contribution in [0.25, 0.3) is 0 Å². The molecule has 25 heavy (non-hydrogen) atoms. The van der Waals surface area contributed by atoms with E-state index in [1.165, 1.54) is 0 Å². The number of nitrogens with zero attached hydrogens (tertiary/aromatic N) is 1. The van der Waals surface area contributed by atoms with E-state index in [0.29, 0.717) is 12.0 Å². The van der Waals surface area contributed by atoms with Gasteiger partial charge in [-0.15, -0.1) is 0 Å². The number of aryl methyl sites for hydroxylation is 2. The average molecular weight is 389 g/mol. The molecule has 0 bridgehead atoms. The zero-order chi connectivity index (χ0) is 18.8. The summed E-state index contributed by atoms with van der Waals surface area (Å²) in [7, 11) is -6.90. The number of nitrogens with one attached hydrogen (secondary N) is 1. The molecule has 0 saturated carbocycles. The molecular weight excluding hydrogens is 364 g/mol. The monoisotopic (exact) mass is 388 g/mol. The van der Waals surface area contributed by atoms with Crippen LogP contribution >= 0.6 is 0 Å². The number of hydrogen-bond acceptors (Lipinski definition) is 5. The zero-order valence-electron chi connectivity index (χ0n) is 14.6. The van der Waals surface area contributed by atoms with Crippen LogP contribution in [0.4, 0.5) is 0 Å². The smallest absolute Gasteiger partial charge is 0.243 e. The molecule has 0 spiro atoms. The fourth-order valence-corrected chi connectivity index (χ4v) is 6.22. The standard InChI is InChI=1S/C16H24N2O5S2/c1-4-18(10-16(19)17-14-7-8-24(20,21)11-14)25(22,23)15-6-5-12(2)9-13(15)3/h5-6,9,14H,4,7-8,10-11H2,1-3H3,(H,17,19)/t14-/m0/s1. The summed E-state index contributed by atoms with van der Waals surface area (Å²) < 4.78 is 49.6. The highest BCUT2D eigenvalue weighted by molar-refractivity contribution is 7.91. The maximum atomic E-state index is 12.8. The van der Waals surface area contributed by atoms with Crippen LogP contribution in [0.1, 0.15) is 24.5 Å². The van der Waals surface area contributed by atoms with E-state index in [1.807, 2.05) is 6.92 Å². The molecule has 1 heterocycles. The Morgan fingerprint density at radius 2 is 2.00 bits per heavy atom. The lowest BCUT2D eigenvalue weighted by atomic mass is 10.2. The van der Waals surface area contributed by atoms with Gasteiger partial charge in [0, 0.05) is 12.6 Å². The van der Waals surface area contributed by atoms with Crippen molar-refractivity contribution in [1.29, 1.82) is 0 Å². The maximum absolute atomic E-state index is 12.8. The predicted molar refractivity (Wildman–Crippen MR) is 95.6 cm³/mol. The van der Waals surface area contributed by atoms with Gasteiger partial charge < -0.3 is 5.32 Å². The van der Waals surface area contributed by atoms with E-state index in [9.17, 15) is 21.6 Å². The van der Waals surface area contributed by atoms with Crippen LogP contribution in [0.15, 0.2) is 23.1 Å². The minimum absolute atomic E-state index is 0.0519. The largest absolute Gasteiger partial charge is 0.351 e. The van der Waals surface area contributed by atoms with Gasteiger partial charge in [-0.3, -0.25) is 4.79 Å². The Labute approximate surface area is 149 Å². The first-order valence-corrected chi connectivity index (χ1v) is 11.4. The van der Waals surface area contributed by atoms with Gasteiger partial charge in [-0.05, 0) is 31.9 Å². The molecular formula is C16H24N2O5S2. The van der Waals surface area contributed by atoms with Crippen molar-refractivity contribution in [3.63, 3.8) is 0 Å². The number of likely N-dealkylation sites (N-methyl/N-ethyl adjacent to an activating group) is 1. The van der Waals surface area contributed by atoms with Gasteiger partial charge in [0.15, 0.2) is 9.84 Å². The van der Waals surface area contributed by atoms with Crippen LogP contribution in [-0.2, 0) is 24.7 Å². The van der Waals surface area contributed by atoms with Crippen LogP contribution in [-0.4, -0.2) is 57.7 Å². The number of benzene rings is 1. The molecule has 1 fully saturated rings. The number of amides is 1. The SMILES string of the molecule is CCN(CC(=O)N[C@H]1CCS(=O)(=O)C1)S(=O)(=O)c1ccc(C)cc1C. The van der Waals surface area contributed by atoms with Crippen molar-refractivity contribution in [3.05, 3.63) is 29.3 Å². The summed E-state index contributed by atoms with van der Waals surface area (Å²) in [6.07, 6.45) is 0.365. The Kier molecular flexibility index (Phi) is 5.90. The first-order chi connectivity index (χ1) is 11.5. The molecule has 0 unspecified atom stereocenters. The molecule has 1 aromatic rings. The first-order valence-electron chi connectivity index (χ1n) is 8.12. The van der Waals surface area contributed by atoms with Crippen molar-refractivity contribution >= 4 is 25.8 Å². The highest BCUT2D eigenvalue weighted by atomic mass is 32.2. The molecule has 2 rings (SSSR count). The predicted octanol–water partition coefficient (Wildman–Crippen LogP) is 0.617. The summed E-state index contributed by atoms with van der Waals surface area (Å²) in [6.45, 7) is 5.07. The van der Waals surface area contributed by atoms with Gasteiger partial charge in [0.1, 0.15) is 0 Å². The van der Waals surface area contributed by atoms with Crippen molar-refractivity contribution in [2.45, 2.75) is 38.1 Å². The number of sulfonamides is 1. The molecule has 1 aliphatic rings. The number of carbonyl (C=O) groups is 1. The van der Waals surface area contributed by atoms with Crippen molar-refractivity contribution in [2.75, 3.05) is 24.6 Å². The third-order valence-corrected chi connectivity index (χ3v) is 8.07. The summed E-state index contributed by atoms with van der Waals surface area (Å²) in [4.78, 5) is 12.4. The van der Waals surface area contributed by atoms with Gasteiger partial charge in [-0.2, -0.15) is 4.31 Å². The molecule has 1 saturated heterocycles. The molecule has 7 nitrogen and oxygen atoms in total. The number of sulfone groups is 1. The molecule has 1 aromatic carbocycles. The fraction of sp³-hybridized carbons (Fsp3) is 0.562. The molecule has 1 aliphatic heterocycles. The van der Waals surface area contributed by atoms with Crippen molar-refractivity contribution in [2.24, 2.45) is 0 Å². The van der Waals surface area contributed by atoms with E-state index in [4.69, 9.17) is 0 Å². The van der Waals surface area contributed by atoms with E-state index in [1.54, 1.807) is 32.0 Å². The molecule has 1 amide bonds. The number of carbonyl (C=O) groups excluding carboxylic acids is 1. The minimum Gasteiger partial charge on any atom is -0.351 e. The fourth-order valence-electron chi connectivity index (χ4n) is 2.94. The summed E-state index contributed by atoms with van der Waals surface area (Å²) in [5, 5.41) is 2.62. The van der Waals surface area contributed by atoms with Gasteiger partial charge in [0.05, 0.1) is 22.9 Å². The van der Waals surface area contributed by atoms with Crippen LogP contribution < -0.4 is 5.32 Å². The van der Waals surface area contributed by atoms with E-state index < -0.39 is 31.8 Å². The van der Waals surface area contributed by atoms with Crippen LogP contribution in [0.3, 0.4) is 0 Å². The summed E-state index contributed by atoms with van der Waals surface area (Å²) in [5.41, 5.74) is 1.58. The van der Waals surface area contributed by atoms with Gasteiger partial charge in [-0.25, -0.2) is 16.8 Å². The highest BCUT2D eigenvalue weighted by Gasteiger charge is 2.31. The second-order valence-electron chi connectivity index (χ2n) is 6.37. The van der Waals surface area contributed by atoms with Gasteiger partial charge >= 0.3 is 0 Å². The van der Waals surface area contributed by atoms with Crippen molar-refractivity contribution in [3.8, 4) is 0 Å². The summed E-state index contributed by atoms with van der Waals surface area (Å²) >= 11 is 0. The summed E-state index contributed by atoms with van der Waals surface area (Å²) in [6, 6.07) is 4.60. The second kappa shape index (κ2) is 7.43. The van der Waals surface area contributed by atoms with Crippen molar-refractivity contribution < 1.29 is 21.6 Å². The zero-order valence-corrected chi connectivity index (χ0v) is 16.3. The normalized spacial score (nSPS) is 19.9. The lowest BCUT2D eigenvalue weighted by molar-refractivity contribution is -0.121. The lowest BCUT2D eigenvalue weighted by Crippen LogP contribution is -2.44. The molecule has 140 valence electrons.